The van der Waals surface area contributed by atoms with Gasteiger partial charge in [-0.15, -0.1) is 0 Å². The average Bonchev–Trinajstić information content (AvgIpc) is 4.01. The standard InChI is InChI=1S/C58H34N4O/c1-2-14-40(15-3-1)61-49-21-11-9-18-43(49)45-32-37(23-27-50(45)61)38-24-28-51-46(33-38)55-41-16-6-4-12-35(41)22-29-52(55)62(51)58-59-48-20-10-8-19-44(48)57(60-58)39-26-30-53-47(34-39)56-42-17-7-5-13-36(42)25-31-54(56)63-53/h1-34H. The molecular formula is C58H34N4O. The molecule has 4 heterocycles. The number of rotatable bonds is 4. The average molecular weight is 803 g/mol. The van der Waals surface area contributed by atoms with E-state index in [9.17, 15) is 0 Å². The third kappa shape index (κ3) is 4.99. The summed E-state index contributed by atoms with van der Waals surface area (Å²) in [5.41, 5.74) is 12.5. The molecule has 10 aromatic carbocycles. The Kier molecular flexibility index (Phi) is 7.05. The minimum absolute atomic E-state index is 0.629. The van der Waals surface area contributed by atoms with E-state index in [-0.39, 0.29) is 0 Å². The van der Waals surface area contributed by atoms with Crippen molar-refractivity contribution in [2.45, 2.75) is 0 Å². The maximum atomic E-state index is 6.42. The van der Waals surface area contributed by atoms with E-state index in [4.69, 9.17) is 14.4 Å². The normalized spacial score (nSPS) is 12.1. The first kappa shape index (κ1) is 34.2. The van der Waals surface area contributed by atoms with Gasteiger partial charge in [0.1, 0.15) is 11.2 Å². The molecule has 0 bridgehead atoms. The van der Waals surface area contributed by atoms with Crippen LogP contribution in [0.4, 0.5) is 0 Å². The highest BCUT2D eigenvalue weighted by Crippen LogP contribution is 2.42. The summed E-state index contributed by atoms with van der Waals surface area (Å²) in [6.45, 7) is 0. The number of hydrogen-bond donors (Lipinski definition) is 0. The highest BCUT2D eigenvalue weighted by Gasteiger charge is 2.21. The molecule has 0 spiro atoms. The Bertz CT molecular complexity index is 4210. The molecule has 14 aromatic rings. The van der Waals surface area contributed by atoms with Crippen LogP contribution in [0, 0.1) is 0 Å². The van der Waals surface area contributed by atoms with Gasteiger partial charge in [0.15, 0.2) is 0 Å². The van der Waals surface area contributed by atoms with Gasteiger partial charge in [0.05, 0.1) is 33.3 Å². The van der Waals surface area contributed by atoms with E-state index in [1.165, 1.54) is 54.3 Å². The Morgan fingerprint density at radius 3 is 1.71 bits per heavy atom. The van der Waals surface area contributed by atoms with Gasteiger partial charge in [-0.2, -0.15) is 0 Å². The number of fused-ring (bicyclic) bond motifs is 14. The van der Waals surface area contributed by atoms with Crippen molar-refractivity contribution in [1.82, 2.24) is 19.1 Å². The largest absolute Gasteiger partial charge is 0.456 e. The summed E-state index contributed by atoms with van der Waals surface area (Å²) in [5.74, 6) is 0.629. The van der Waals surface area contributed by atoms with Gasteiger partial charge in [0.2, 0.25) is 5.95 Å². The summed E-state index contributed by atoms with van der Waals surface area (Å²) < 4.78 is 11.0. The molecule has 5 nitrogen and oxygen atoms in total. The third-order valence-corrected chi connectivity index (χ3v) is 13.1. The van der Waals surface area contributed by atoms with Gasteiger partial charge in [-0.05, 0) is 112 Å². The van der Waals surface area contributed by atoms with Gasteiger partial charge in [-0.3, -0.25) is 4.57 Å². The van der Waals surface area contributed by atoms with E-state index in [1.807, 2.05) is 0 Å². The molecule has 0 saturated carbocycles. The molecule has 292 valence electrons. The molecule has 0 amide bonds. The molecule has 0 aliphatic carbocycles. The maximum absolute atomic E-state index is 6.42. The highest BCUT2D eigenvalue weighted by molar-refractivity contribution is 6.22. The van der Waals surface area contributed by atoms with Crippen LogP contribution in [0.1, 0.15) is 0 Å². The van der Waals surface area contributed by atoms with Crippen molar-refractivity contribution in [3.8, 4) is 34.0 Å². The van der Waals surface area contributed by atoms with Crippen molar-refractivity contribution in [2.24, 2.45) is 0 Å². The van der Waals surface area contributed by atoms with E-state index in [2.05, 4.69) is 215 Å². The van der Waals surface area contributed by atoms with Crippen LogP contribution in [0.2, 0.25) is 0 Å². The SMILES string of the molecule is c1ccc(-n2c3ccccc3c3cc(-c4ccc5c(c4)c4c6ccccc6ccc4n5-c4nc(-c5ccc6oc7ccc8ccccc8c7c6c5)c5ccccc5n4)ccc32)cc1. The Labute approximate surface area is 360 Å². The van der Waals surface area contributed by atoms with Crippen LogP contribution in [-0.2, 0) is 0 Å². The molecule has 63 heavy (non-hydrogen) atoms. The van der Waals surface area contributed by atoms with Crippen molar-refractivity contribution in [3.63, 3.8) is 0 Å². The van der Waals surface area contributed by atoms with Crippen molar-refractivity contribution in [1.29, 1.82) is 0 Å². The fourth-order valence-electron chi connectivity index (χ4n) is 10.3. The molecule has 0 fully saturated rings. The van der Waals surface area contributed by atoms with Crippen molar-refractivity contribution >= 4 is 98.0 Å². The number of benzene rings is 10. The lowest BCUT2D eigenvalue weighted by Gasteiger charge is -2.12. The fraction of sp³-hybridized carbons (Fsp3) is 0. The zero-order chi connectivity index (χ0) is 41.2. The number of nitrogens with zero attached hydrogens (tertiary/aromatic N) is 4. The quantitative estimate of drug-likeness (QED) is 0.178. The molecular weight excluding hydrogens is 769 g/mol. The molecule has 0 N–H and O–H groups in total. The number of aromatic nitrogens is 4. The van der Waals surface area contributed by atoms with Gasteiger partial charge >= 0.3 is 0 Å². The van der Waals surface area contributed by atoms with Crippen LogP contribution in [0.25, 0.3) is 132 Å². The Morgan fingerprint density at radius 2 is 0.905 bits per heavy atom. The lowest BCUT2D eigenvalue weighted by Crippen LogP contribution is -2.03. The first-order chi connectivity index (χ1) is 31.2. The van der Waals surface area contributed by atoms with Gasteiger partial charge in [-0.25, -0.2) is 9.97 Å². The van der Waals surface area contributed by atoms with Gasteiger partial charge in [0, 0.05) is 49.0 Å². The van der Waals surface area contributed by atoms with Gasteiger partial charge < -0.3 is 8.98 Å². The Morgan fingerprint density at radius 1 is 0.333 bits per heavy atom. The summed E-state index contributed by atoms with van der Waals surface area (Å²) in [6, 6.07) is 73.8. The molecule has 5 heteroatoms. The van der Waals surface area contributed by atoms with Crippen LogP contribution in [0.5, 0.6) is 0 Å². The predicted octanol–water partition coefficient (Wildman–Crippen LogP) is 15.4. The second-order valence-electron chi connectivity index (χ2n) is 16.5. The number of hydrogen-bond acceptors (Lipinski definition) is 3. The second-order valence-corrected chi connectivity index (χ2v) is 16.5. The zero-order valence-corrected chi connectivity index (χ0v) is 33.8. The second kappa shape index (κ2) is 13.0. The molecule has 0 atom stereocenters. The van der Waals surface area contributed by atoms with Crippen molar-refractivity contribution in [2.75, 3.05) is 0 Å². The number of furan rings is 1. The van der Waals surface area contributed by atoms with Crippen molar-refractivity contribution < 1.29 is 4.42 Å². The van der Waals surface area contributed by atoms with E-state index in [0.29, 0.717) is 5.95 Å². The van der Waals surface area contributed by atoms with Crippen LogP contribution >= 0.6 is 0 Å². The molecule has 0 aliphatic heterocycles. The van der Waals surface area contributed by atoms with E-state index >= 15 is 0 Å². The topological polar surface area (TPSA) is 48.8 Å². The first-order valence-electron chi connectivity index (χ1n) is 21.4. The fourth-order valence-corrected chi connectivity index (χ4v) is 10.3. The van der Waals surface area contributed by atoms with E-state index in [0.717, 1.165) is 71.8 Å². The minimum Gasteiger partial charge on any atom is -0.456 e. The van der Waals surface area contributed by atoms with Crippen LogP contribution in [-0.4, -0.2) is 19.1 Å². The molecule has 0 aliphatic rings. The molecule has 0 radical (unpaired) electrons. The summed E-state index contributed by atoms with van der Waals surface area (Å²) >= 11 is 0. The Hall–Kier alpha value is -8.54. The van der Waals surface area contributed by atoms with Crippen LogP contribution in [0.3, 0.4) is 0 Å². The third-order valence-electron chi connectivity index (χ3n) is 13.1. The maximum Gasteiger partial charge on any atom is 0.235 e. The summed E-state index contributed by atoms with van der Waals surface area (Å²) in [7, 11) is 0. The molecule has 0 unspecified atom stereocenters. The summed E-state index contributed by atoms with van der Waals surface area (Å²) in [6.07, 6.45) is 0. The van der Waals surface area contributed by atoms with Crippen molar-refractivity contribution in [3.05, 3.63) is 206 Å². The lowest BCUT2D eigenvalue weighted by molar-refractivity contribution is 0.669. The monoisotopic (exact) mass is 802 g/mol. The van der Waals surface area contributed by atoms with Gasteiger partial charge in [0.25, 0.3) is 0 Å². The smallest absolute Gasteiger partial charge is 0.235 e. The molecule has 4 aromatic heterocycles. The highest BCUT2D eigenvalue weighted by atomic mass is 16.3. The zero-order valence-electron chi connectivity index (χ0n) is 33.8. The lowest BCUT2D eigenvalue weighted by atomic mass is 9.99. The summed E-state index contributed by atoms with van der Waals surface area (Å²) in [4.78, 5) is 10.8. The Balaban J connectivity index is 1.000. The summed E-state index contributed by atoms with van der Waals surface area (Å²) in [5, 5.41) is 12.7. The number of para-hydroxylation sites is 3. The van der Waals surface area contributed by atoms with Gasteiger partial charge in [-0.1, -0.05) is 127 Å². The minimum atomic E-state index is 0.629. The van der Waals surface area contributed by atoms with Crippen LogP contribution in [0.15, 0.2) is 211 Å². The van der Waals surface area contributed by atoms with Crippen LogP contribution < -0.4 is 0 Å². The molecule has 0 saturated heterocycles. The first-order valence-corrected chi connectivity index (χ1v) is 21.4. The molecule has 14 rings (SSSR count). The predicted molar refractivity (Wildman–Crippen MR) is 261 cm³/mol. The van der Waals surface area contributed by atoms with E-state index in [1.54, 1.807) is 0 Å². The van der Waals surface area contributed by atoms with E-state index < -0.39 is 0 Å².